The highest BCUT2D eigenvalue weighted by atomic mass is 16.5. The zero-order valence-electron chi connectivity index (χ0n) is 34.1. The van der Waals surface area contributed by atoms with Crippen LogP contribution in [0.4, 0.5) is 0 Å². The van der Waals surface area contributed by atoms with Crippen LogP contribution in [0, 0.1) is 5.92 Å². The Morgan fingerprint density at radius 3 is 2.25 bits per heavy atom. The van der Waals surface area contributed by atoms with Gasteiger partial charge in [-0.15, -0.1) is 0 Å². The summed E-state index contributed by atoms with van der Waals surface area (Å²) in [4.78, 5) is 68.9. The van der Waals surface area contributed by atoms with Crippen LogP contribution in [-0.2, 0) is 33.4 Å². The number of phenolic OH excluding ortho intramolecular Hbond substituents is 1. The molecule has 1 saturated heterocycles. The van der Waals surface area contributed by atoms with Crippen LogP contribution in [-0.4, -0.2) is 106 Å². The van der Waals surface area contributed by atoms with Crippen LogP contribution in [0.15, 0.2) is 29.3 Å². The Kier molecular flexibility index (Phi) is 22.0. The molecule has 0 saturated carbocycles. The van der Waals surface area contributed by atoms with Gasteiger partial charge in [-0.05, 0) is 63.5 Å². The SMILES string of the molecule is CCCCCCCCCCCCCCC[C@@H](OC(=O)[C@@H](CCCCN(O)C=O)NC(=O)[C@H]1COC(c2ccccc2O)=N1)[C@@H](C)C(=O)N[C@@H]1CCCCN(O)C1=O. The van der Waals surface area contributed by atoms with E-state index in [0.29, 0.717) is 60.6 Å². The lowest BCUT2D eigenvalue weighted by Crippen LogP contribution is -2.51. The Labute approximate surface area is 337 Å². The number of carbonyl (C=O) groups excluding carboxylic acids is 5. The average molecular weight is 802 g/mol. The number of nitrogens with one attached hydrogen (secondary N) is 2. The molecule has 3 rings (SSSR count). The minimum Gasteiger partial charge on any atom is -0.507 e. The number of hydrogen-bond donors (Lipinski definition) is 5. The summed E-state index contributed by atoms with van der Waals surface area (Å²) in [5.74, 6) is -3.23. The van der Waals surface area contributed by atoms with Crippen molar-refractivity contribution in [1.82, 2.24) is 20.8 Å². The fourth-order valence-corrected chi connectivity index (χ4v) is 7.14. The zero-order chi connectivity index (χ0) is 41.4. The molecule has 15 nitrogen and oxygen atoms in total. The summed E-state index contributed by atoms with van der Waals surface area (Å²) in [6, 6.07) is 3.37. The molecule has 5 N–H and O–H groups in total. The number of para-hydroxylation sites is 1. The van der Waals surface area contributed by atoms with Gasteiger partial charge in [0.15, 0.2) is 6.04 Å². The average Bonchev–Trinajstić information content (AvgIpc) is 3.65. The number of rotatable bonds is 28. The molecule has 4 amide bonds. The molecule has 0 aromatic heterocycles. The number of phenols is 1. The predicted octanol–water partition coefficient (Wildman–Crippen LogP) is 5.96. The molecule has 1 fully saturated rings. The van der Waals surface area contributed by atoms with Crippen molar-refractivity contribution in [2.45, 2.75) is 166 Å². The van der Waals surface area contributed by atoms with Crippen LogP contribution in [0.5, 0.6) is 5.75 Å². The molecule has 0 spiro atoms. The van der Waals surface area contributed by atoms with Gasteiger partial charge < -0.3 is 25.2 Å². The largest absolute Gasteiger partial charge is 0.507 e. The number of unbranched alkanes of at least 4 members (excludes halogenated alkanes) is 13. The fourth-order valence-electron chi connectivity index (χ4n) is 7.14. The van der Waals surface area contributed by atoms with Gasteiger partial charge in [0, 0.05) is 13.1 Å². The highest BCUT2D eigenvalue weighted by Crippen LogP contribution is 2.23. The van der Waals surface area contributed by atoms with Gasteiger partial charge in [0.1, 0.15) is 30.5 Å². The van der Waals surface area contributed by atoms with Gasteiger partial charge in [-0.2, -0.15) is 0 Å². The molecule has 0 radical (unpaired) electrons. The maximum atomic E-state index is 13.9. The quantitative estimate of drug-likeness (QED) is 0.0221. The predicted molar refractivity (Wildman–Crippen MR) is 213 cm³/mol. The molecule has 2 aliphatic heterocycles. The Morgan fingerprint density at radius 2 is 1.60 bits per heavy atom. The molecule has 0 aliphatic carbocycles. The molecule has 0 unspecified atom stereocenters. The lowest BCUT2D eigenvalue weighted by Gasteiger charge is -2.28. The number of hydrogen-bond acceptors (Lipinski definition) is 11. The minimum atomic E-state index is -1.15. The second kappa shape index (κ2) is 26.6. The lowest BCUT2D eigenvalue weighted by molar-refractivity contribution is -0.167. The van der Waals surface area contributed by atoms with Crippen LogP contribution in [0.25, 0.3) is 0 Å². The Morgan fingerprint density at radius 1 is 0.965 bits per heavy atom. The highest BCUT2D eigenvalue weighted by Gasteiger charge is 2.36. The Bertz CT molecular complexity index is 1430. The minimum absolute atomic E-state index is 0.0218. The number of carbonyl (C=O) groups is 5. The smallest absolute Gasteiger partial charge is 0.328 e. The van der Waals surface area contributed by atoms with E-state index in [0.717, 1.165) is 25.7 Å². The van der Waals surface area contributed by atoms with Crippen molar-refractivity contribution in [3.63, 3.8) is 0 Å². The second-order valence-electron chi connectivity index (χ2n) is 15.4. The number of ether oxygens (including phenoxy) is 2. The molecule has 320 valence electrons. The monoisotopic (exact) mass is 801 g/mol. The van der Waals surface area contributed by atoms with E-state index >= 15 is 0 Å². The van der Waals surface area contributed by atoms with Gasteiger partial charge in [0.05, 0.1) is 11.5 Å². The van der Waals surface area contributed by atoms with Crippen molar-refractivity contribution in [2.24, 2.45) is 10.9 Å². The topological polar surface area (TPSA) is 207 Å². The second-order valence-corrected chi connectivity index (χ2v) is 15.4. The van der Waals surface area contributed by atoms with Gasteiger partial charge in [-0.25, -0.2) is 19.9 Å². The van der Waals surface area contributed by atoms with Crippen LogP contribution in [0.1, 0.15) is 148 Å². The molecule has 2 aliphatic rings. The number of nitrogens with zero attached hydrogens (tertiary/aromatic N) is 3. The van der Waals surface area contributed by atoms with Gasteiger partial charge in [0.25, 0.3) is 5.91 Å². The zero-order valence-corrected chi connectivity index (χ0v) is 34.1. The Balaban J connectivity index is 1.66. The van der Waals surface area contributed by atoms with Gasteiger partial charge in [0.2, 0.25) is 24.1 Å². The summed E-state index contributed by atoms with van der Waals surface area (Å²) >= 11 is 0. The van der Waals surface area contributed by atoms with Crippen LogP contribution in [0.3, 0.4) is 0 Å². The van der Waals surface area contributed by atoms with Crippen molar-refractivity contribution >= 4 is 36.0 Å². The van der Waals surface area contributed by atoms with Crippen molar-refractivity contribution in [2.75, 3.05) is 19.7 Å². The standard InChI is InChI=1S/C42H67N5O10/c1-3-4-5-6-7-8-9-10-11-12-13-14-15-26-37(31(2)38(50)43-33-23-19-21-28-47(55)41(33)52)57-42(53)34(24-18-20-27-46(54)30-48)44-39(51)35-29-56-40(45-35)32-22-16-17-25-36(32)49/h16-17,22,25,30-31,33-35,37,49,54-55H,3-15,18-21,23-24,26-29H2,1-2H3,(H,43,50)(H,44,51)/t31-,33-,34-,35-,37-/m1/s1. The molecular formula is C42H67N5O10. The summed E-state index contributed by atoms with van der Waals surface area (Å²) in [5, 5.41) is 36.5. The van der Waals surface area contributed by atoms with Gasteiger partial charge >= 0.3 is 5.97 Å². The molecule has 1 aromatic rings. The van der Waals surface area contributed by atoms with E-state index in [4.69, 9.17) is 9.47 Å². The summed E-state index contributed by atoms with van der Waals surface area (Å²) in [6.45, 7) is 3.97. The van der Waals surface area contributed by atoms with Gasteiger partial charge in [-0.1, -0.05) is 103 Å². The first-order chi connectivity index (χ1) is 27.5. The first-order valence-corrected chi connectivity index (χ1v) is 21.3. The summed E-state index contributed by atoms with van der Waals surface area (Å²) in [7, 11) is 0. The summed E-state index contributed by atoms with van der Waals surface area (Å²) in [6.07, 6.45) is 17.3. The number of amides is 4. The molecule has 5 atom stereocenters. The molecular weight excluding hydrogens is 734 g/mol. The molecule has 2 heterocycles. The maximum absolute atomic E-state index is 13.9. The van der Waals surface area contributed by atoms with E-state index in [2.05, 4.69) is 22.5 Å². The number of aliphatic imine (C=N–C) groups is 1. The van der Waals surface area contributed by atoms with Gasteiger partial charge in [-0.3, -0.25) is 29.6 Å². The van der Waals surface area contributed by atoms with E-state index in [1.807, 2.05) is 0 Å². The summed E-state index contributed by atoms with van der Waals surface area (Å²) < 4.78 is 11.7. The molecule has 0 bridgehead atoms. The van der Waals surface area contributed by atoms with E-state index < -0.39 is 53.8 Å². The van der Waals surface area contributed by atoms with Crippen LogP contribution in [0.2, 0.25) is 0 Å². The molecule has 15 heteroatoms. The Hall–Kier alpha value is -4.24. The number of aromatic hydroxyl groups is 1. The summed E-state index contributed by atoms with van der Waals surface area (Å²) in [5.41, 5.74) is 0.327. The van der Waals surface area contributed by atoms with Crippen molar-refractivity contribution in [3.8, 4) is 5.75 Å². The van der Waals surface area contributed by atoms with Crippen LogP contribution >= 0.6 is 0 Å². The third-order valence-corrected chi connectivity index (χ3v) is 10.8. The maximum Gasteiger partial charge on any atom is 0.328 e. The van der Waals surface area contributed by atoms with E-state index in [-0.39, 0.29) is 44.2 Å². The van der Waals surface area contributed by atoms with Crippen molar-refractivity contribution in [3.05, 3.63) is 29.8 Å². The van der Waals surface area contributed by atoms with E-state index in [9.17, 15) is 39.5 Å². The number of hydroxylamine groups is 4. The molecule has 57 heavy (non-hydrogen) atoms. The first kappa shape index (κ1) is 47.1. The normalized spacial score (nSPS) is 18.4. The van der Waals surface area contributed by atoms with E-state index in [1.54, 1.807) is 25.1 Å². The lowest BCUT2D eigenvalue weighted by atomic mass is 9.96. The fraction of sp³-hybridized carbons (Fsp3) is 0.714. The molecule has 1 aromatic carbocycles. The van der Waals surface area contributed by atoms with Crippen LogP contribution < -0.4 is 10.6 Å². The first-order valence-electron chi connectivity index (χ1n) is 21.3. The highest BCUT2D eigenvalue weighted by molar-refractivity contribution is 6.00. The number of benzene rings is 1. The van der Waals surface area contributed by atoms with Crippen molar-refractivity contribution in [1.29, 1.82) is 0 Å². The third kappa shape index (κ3) is 17.0. The third-order valence-electron chi connectivity index (χ3n) is 10.8. The number of esters is 1. The van der Waals surface area contributed by atoms with Crippen molar-refractivity contribution < 1.29 is 49.0 Å². The van der Waals surface area contributed by atoms with E-state index in [1.165, 1.54) is 57.4 Å².